The Morgan fingerprint density at radius 3 is 1.94 bits per heavy atom. The zero-order chi connectivity index (χ0) is 38.1. The van der Waals surface area contributed by atoms with Crippen molar-refractivity contribution in [1.29, 1.82) is 0 Å². The van der Waals surface area contributed by atoms with Gasteiger partial charge in [0.25, 0.3) is 0 Å². The summed E-state index contributed by atoms with van der Waals surface area (Å²) in [5, 5.41) is 63.0. The van der Waals surface area contributed by atoms with Gasteiger partial charge in [0.15, 0.2) is 6.29 Å². The van der Waals surface area contributed by atoms with Gasteiger partial charge in [-0.2, -0.15) is 0 Å². The minimum atomic E-state index is -1.57. The highest BCUT2D eigenvalue weighted by Gasteiger charge is 2.44. The molecular weight excluding hydrogens is 678 g/mol. The predicted octanol–water partition coefficient (Wildman–Crippen LogP) is 5.12. The van der Waals surface area contributed by atoms with Gasteiger partial charge in [0.05, 0.1) is 44.6 Å². The highest BCUT2D eigenvalue weighted by atomic mass is 16.7. The van der Waals surface area contributed by atoms with E-state index in [1.54, 1.807) is 6.20 Å². The highest BCUT2D eigenvalue weighted by molar-refractivity contribution is 5.09. The van der Waals surface area contributed by atoms with E-state index in [9.17, 15) is 30.6 Å². The lowest BCUT2D eigenvalue weighted by molar-refractivity contribution is -0.303. The highest BCUT2D eigenvalue weighted by Crippen LogP contribution is 2.27. The van der Waals surface area contributed by atoms with Gasteiger partial charge < -0.3 is 49.8 Å². The van der Waals surface area contributed by atoms with Crippen LogP contribution in [-0.2, 0) is 20.6 Å². The molecule has 12 heteroatoms. The molecule has 0 amide bonds. The van der Waals surface area contributed by atoms with E-state index in [0.29, 0.717) is 12.2 Å². The molecule has 1 aromatic rings. The number of ether oxygens (including phenoxy) is 3. The fraction of sp³-hybridized carbons (Fsp3) is 0.927. The number of hydrogen-bond donors (Lipinski definition) is 7. The van der Waals surface area contributed by atoms with Crippen molar-refractivity contribution in [2.45, 2.75) is 197 Å². The Morgan fingerprint density at radius 1 is 0.774 bits per heavy atom. The molecule has 0 aromatic carbocycles. The van der Waals surface area contributed by atoms with Crippen molar-refractivity contribution < 1.29 is 44.8 Å². The monoisotopic (exact) mass is 756 g/mol. The number of morpholine rings is 1. The number of nitrogens with zero attached hydrogens (tertiary/aromatic N) is 2. The van der Waals surface area contributed by atoms with E-state index < -0.39 is 55.4 Å². The second-order valence-electron chi connectivity index (χ2n) is 15.7. The van der Waals surface area contributed by atoms with Gasteiger partial charge in [-0.1, -0.05) is 122 Å². The van der Waals surface area contributed by atoms with Crippen molar-refractivity contribution >= 4 is 0 Å². The molecule has 0 radical (unpaired) electrons. The Bertz CT molecular complexity index is 1010. The lowest BCUT2D eigenvalue weighted by Gasteiger charge is -2.40. The lowest BCUT2D eigenvalue weighted by Crippen LogP contribution is -2.59. The molecular formula is C41H77N3O9. The topological polar surface area (TPSA) is 181 Å². The van der Waals surface area contributed by atoms with Crippen LogP contribution in [0, 0.1) is 0 Å². The van der Waals surface area contributed by atoms with E-state index >= 15 is 0 Å². The molecule has 5 unspecified atom stereocenters. The number of hydrogen-bond acceptors (Lipinski definition) is 11. The number of aliphatic hydroxyl groups is 6. The van der Waals surface area contributed by atoms with Crippen LogP contribution in [0.25, 0.3) is 0 Å². The normalized spacial score (nSPS) is 24.4. The lowest BCUT2D eigenvalue weighted by atomic mass is 9.94. The Hall–Kier alpha value is -1.19. The summed E-state index contributed by atoms with van der Waals surface area (Å²) in [6, 6.07) is 0. The van der Waals surface area contributed by atoms with Gasteiger partial charge in [0.2, 0.25) is 0 Å². The van der Waals surface area contributed by atoms with E-state index in [1.165, 1.54) is 103 Å². The Labute approximate surface area is 320 Å². The summed E-state index contributed by atoms with van der Waals surface area (Å²) in [4.78, 5) is 10.4. The van der Waals surface area contributed by atoms with Gasteiger partial charge in [-0.25, -0.2) is 4.98 Å². The van der Waals surface area contributed by atoms with Gasteiger partial charge in [0, 0.05) is 25.0 Å². The molecule has 0 aliphatic carbocycles. The summed E-state index contributed by atoms with van der Waals surface area (Å²) in [6.07, 6.45) is 18.1. The van der Waals surface area contributed by atoms with E-state index in [2.05, 4.69) is 21.8 Å². The largest absolute Gasteiger partial charge is 0.394 e. The molecule has 12 nitrogen and oxygen atoms in total. The zero-order valence-electron chi connectivity index (χ0n) is 33.0. The second-order valence-corrected chi connectivity index (χ2v) is 15.7. The molecule has 2 aliphatic rings. The summed E-state index contributed by atoms with van der Waals surface area (Å²) >= 11 is 0. The summed E-state index contributed by atoms with van der Waals surface area (Å²) in [6.45, 7) is 6.56. The van der Waals surface area contributed by atoms with E-state index in [0.717, 1.165) is 70.5 Å². The minimum absolute atomic E-state index is 0.168. The fourth-order valence-electron chi connectivity index (χ4n) is 7.60. The van der Waals surface area contributed by atoms with Crippen LogP contribution in [0.1, 0.15) is 159 Å². The molecule has 0 spiro atoms. The molecule has 53 heavy (non-hydrogen) atoms. The fourth-order valence-corrected chi connectivity index (χ4v) is 7.60. The zero-order valence-corrected chi connectivity index (χ0v) is 33.0. The first-order valence-corrected chi connectivity index (χ1v) is 21.5. The number of imidazole rings is 1. The summed E-state index contributed by atoms with van der Waals surface area (Å²) in [5.41, 5.74) is 0.948. The van der Waals surface area contributed by atoms with Gasteiger partial charge in [-0.15, -0.1) is 0 Å². The number of rotatable bonds is 31. The molecule has 2 fully saturated rings. The van der Waals surface area contributed by atoms with Gasteiger partial charge >= 0.3 is 0 Å². The Morgan fingerprint density at radius 2 is 1.34 bits per heavy atom. The maximum Gasteiger partial charge on any atom is 0.186 e. The first-order chi connectivity index (χ1) is 25.8. The molecule has 0 saturated carbocycles. The summed E-state index contributed by atoms with van der Waals surface area (Å²) in [5.74, 6) is -0.283. The van der Waals surface area contributed by atoms with E-state index in [4.69, 9.17) is 14.2 Å². The van der Waals surface area contributed by atoms with Crippen LogP contribution in [0.2, 0.25) is 0 Å². The molecule has 0 bridgehead atoms. The molecule has 1 aromatic heterocycles. The molecule has 7 N–H and O–H groups in total. The Kier molecular flexibility index (Phi) is 24.6. The van der Waals surface area contributed by atoms with Crippen molar-refractivity contribution in [2.75, 3.05) is 46.1 Å². The van der Waals surface area contributed by atoms with Crippen molar-refractivity contribution in [3.8, 4) is 0 Å². The first-order valence-electron chi connectivity index (χ1n) is 21.5. The SMILES string of the molecule is CCCCCCCCCCCCCC[C@@H](O)[C@@H](O)[C@H](COC1OC(CO)C(O)C(O)C1O)c1ncc(CCCCCCCCCCN2CCOCC2)[nH]1. The third-order valence-corrected chi connectivity index (χ3v) is 11.2. The van der Waals surface area contributed by atoms with Gasteiger partial charge in [-0.05, 0) is 32.2 Å². The number of unbranched alkanes of at least 4 members (excludes halogenated alkanes) is 18. The molecule has 310 valence electrons. The first kappa shape index (κ1) is 46.2. The van der Waals surface area contributed by atoms with Crippen LogP contribution < -0.4 is 0 Å². The number of aryl methyl sites for hydroxylation is 1. The third-order valence-electron chi connectivity index (χ3n) is 11.2. The molecule has 3 rings (SSSR count). The van der Waals surface area contributed by atoms with Crippen LogP contribution in [0.5, 0.6) is 0 Å². The smallest absolute Gasteiger partial charge is 0.186 e. The van der Waals surface area contributed by atoms with Crippen LogP contribution in [0.3, 0.4) is 0 Å². The van der Waals surface area contributed by atoms with Crippen molar-refractivity contribution in [3.63, 3.8) is 0 Å². The third kappa shape index (κ3) is 18.1. The predicted molar refractivity (Wildman–Crippen MR) is 207 cm³/mol. The van der Waals surface area contributed by atoms with Crippen LogP contribution in [0.15, 0.2) is 6.20 Å². The van der Waals surface area contributed by atoms with Crippen LogP contribution in [-0.4, -0.2) is 134 Å². The van der Waals surface area contributed by atoms with Crippen molar-refractivity contribution in [1.82, 2.24) is 14.9 Å². The van der Waals surface area contributed by atoms with Crippen LogP contribution >= 0.6 is 0 Å². The van der Waals surface area contributed by atoms with E-state index in [-0.39, 0.29) is 6.61 Å². The average Bonchev–Trinajstić information content (AvgIpc) is 3.64. The maximum absolute atomic E-state index is 11.4. The van der Waals surface area contributed by atoms with E-state index in [1.807, 2.05) is 0 Å². The molecule has 8 atom stereocenters. The number of nitrogens with one attached hydrogen (secondary N) is 1. The Balaban J connectivity index is 1.41. The quantitative estimate of drug-likeness (QED) is 0.0500. The maximum atomic E-state index is 11.4. The van der Waals surface area contributed by atoms with Gasteiger partial charge in [-0.3, -0.25) is 4.90 Å². The number of aliphatic hydroxyl groups excluding tert-OH is 6. The summed E-state index contributed by atoms with van der Waals surface area (Å²) < 4.78 is 16.8. The molecule has 2 saturated heterocycles. The van der Waals surface area contributed by atoms with Crippen molar-refractivity contribution in [3.05, 3.63) is 17.7 Å². The number of H-pyrrole nitrogens is 1. The number of aromatic nitrogens is 2. The second kappa shape index (κ2) is 28.2. The summed E-state index contributed by atoms with van der Waals surface area (Å²) in [7, 11) is 0. The van der Waals surface area contributed by atoms with Crippen molar-refractivity contribution in [2.24, 2.45) is 0 Å². The standard InChI is InChI=1S/C41H77N3O9/c1-2-3-4-5-6-7-8-9-10-14-17-20-23-34(46)36(47)33(31-52-41-39(50)38(49)37(48)35(30-45)53-41)40-42-29-32(43-40)22-19-16-13-11-12-15-18-21-24-44-25-27-51-28-26-44/h29,33-39,41,45-50H,2-28,30-31H2,1H3,(H,42,43)/t33-,34+,35?,36-,37?,38?,39?,41?/m0/s1. The van der Waals surface area contributed by atoms with Gasteiger partial charge in [0.1, 0.15) is 30.2 Å². The molecule has 3 heterocycles. The minimum Gasteiger partial charge on any atom is -0.394 e. The number of aromatic amines is 1. The van der Waals surface area contributed by atoms with Crippen LogP contribution in [0.4, 0.5) is 0 Å². The average molecular weight is 756 g/mol. The molecule has 2 aliphatic heterocycles.